The van der Waals surface area contributed by atoms with E-state index in [1.165, 1.54) is 62.5 Å². The summed E-state index contributed by atoms with van der Waals surface area (Å²) in [5.41, 5.74) is 0. The third kappa shape index (κ3) is 21.0. The highest BCUT2D eigenvalue weighted by atomic mass is 127. The van der Waals surface area contributed by atoms with Gasteiger partial charge in [0, 0.05) is 65.3 Å². The van der Waals surface area contributed by atoms with Gasteiger partial charge in [0.1, 0.15) is 60.4 Å². The third-order valence-electron chi connectivity index (χ3n) is 21.8. The molecular formula is C71H119IN12O12. The normalized spacial score (nSPS) is 31.6. The van der Waals surface area contributed by atoms with Crippen molar-refractivity contribution in [1.82, 2.24) is 60.5 Å². The highest BCUT2D eigenvalue weighted by Crippen LogP contribution is 2.35. The summed E-state index contributed by atoms with van der Waals surface area (Å²) >= 11 is 2.43. The average Bonchev–Trinajstić information content (AvgIpc) is 0.971. The number of hydrogen-bond acceptors (Lipinski definition) is 12. The predicted molar refractivity (Wildman–Crippen MR) is 375 cm³/mol. The minimum absolute atomic E-state index is 0.0642. The average molecular weight is 1460 g/mol. The van der Waals surface area contributed by atoms with Crippen molar-refractivity contribution < 1.29 is 57.5 Å². The number of nitrogens with zero attached hydrogens (tertiary/aromatic N) is 8. The Morgan fingerprint density at radius 3 is 1.78 bits per heavy atom. The molecule has 12 amide bonds. The van der Waals surface area contributed by atoms with Gasteiger partial charge in [-0.3, -0.25) is 57.5 Å². The fourth-order valence-corrected chi connectivity index (χ4v) is 16.2. The number of amides is 12. The molecule has 0 radical (unpaired) electrons. The Kier molecular flexibility index (Phi) is 30.6. The van der Waals surface area contributed by atoms with Crippen molar-refractivity contribution in [3.05, 3.63) is 0 Å². The lowest BCUT2D eigenvalue weighted by molar-refractivity contribution is -0.160. The molecule has 2 aliphatic carbocycles. The van der Waals surface area contributed by atoms with Crippen molar-refractivity contribution in [3.63, 3.8) is 0 Å². The van der Waals surface area contributed by atoms with Crippen LogP contribution in [0.15, 0.2) is 0 Å². The number of alkyl halides is 1. The van der Waals surface area contributed by atoms with Crippen LogP contribution in [-0.2, 0) is 57.5 Å². The van der Waals surface area contributed by atoms with Gasteiger partial charge < -0.3 is 60.5 Å². The maximum atomic E-state index is 15.2. The quantitative estimate of drug-likeness (QED) is 0.121. The Labute approximate surface area is 586 Å². The van der Waals surface area contributed by atoms with E-state index in [2.05, 4.69) is 50.8 Å². The van der Waals surface area contributed by atoms with E-state index in [-0.39, 0.29) is 68.9 Å². The molecule has 96 heavy (non-hydrogen) atoms. The van der Waals surface area contributed by atoms with Crippen LogP contribution in [0.5, 0.6) is 0 Å². The van der Waals surface area contributed by atoms with Crippen molar-refractivity contribution >= 4 is 93.5 Å². The van der Waals surface area contributed by atoms with Crippen LogP contribution in [0.3, 0.4) is 0 Å². The molecule has 25 heteroatoms. The molecule has 13 atom stereocenters. The molecule has 4 saturated heterocycles. The highest BCUT2D eigenvalue weighted by molar-refractivity contribution is 14.1. The zero-order valence-electron chi connectivity index (χ0n) is 60.5. The van der Waals surface area contributed by atoms with Crippen molar-refractivity contribution in [2.45, 2.75) is 274 Å². The molecule has 0 bridgehead atoms. The van der Waals surface area contributed by atoms with Crippen LogP contribution in [0.25, 0.3) is 0 Å². The summed E-state index contributed by atoms with van der Waals surface area (Å²) in [5.74, 6) is -6.69. The third-order valence-corrected chi connectivity index (χ3v) is 22.9. The number of likely N-dealkylation sites (N-methyl/N-ethyl adjacent to an activating group) is 5. The Hall–Kier alpha value is -5.63. The van der Waals surface area contributed by atoms with E-state index in [1.54, 1.807) is 18.9 Å². The number of likely N-dealkylation sites (tertiary alicyclic amines) is 1. The van der Waals surface area contributed by atoms with Crippen LogP contribution in [-0.4, -0.2) is 242 Å². The van der Waals surface area contributed by atoms with Crippen molar-refractivity contribution in [2.75, 3.05) is 68.0 Å². The second-order valence-electron chi connectivity index (χ2n) is 30.1. The van der Waals surface area contributed by atoms with Gasteiger partial charge >= 0.3 is 0 Å². The van der Waals surface area contributed by atoms with Crippen molar-refractivity contribution in [1.29, 1.82) is 0 Å². The Morgan fingerprint density at radius 1 is 0.531 bits per heavy atom. The van der Waals surface area contributed by atoms with Crippen LogP contribution in [0.2, 0.25) is 0 Å². The number of halogens is 1. The molecular weight excluding hydrogens is 1340 g/mol. The monoisotopic (exact) mass is 1460 g/mol. The molecule has 4 N–H and O–H groups in total. The predicted octanol–water partition coefficient (Wildman–Crippen LogP) is 5.65. The minimum atomic E-state index is -1.36. The largest absolute Gasteiger partial charge is 0.343 e. The van der Waals surface area contributed by atoms with Crippen molar-refractivity contribution in [2.24, 2.45) is 35.5 Å². The first kappa shape index (κ1) is 79.4. The van der Waals surface area contributed by atoms with Crippen LogP contribution in [0.4, 0.5) is 0 Å². The summed E-state index contributed by atoms with van der Waals surface area (Å²) in [6.45, 7) is 17.8. The Bertz CT molecular complexity index is 2720. The lowest BCUT2D eigenvalue weighted by atomic mass is 9.79. The van der Waals surface area contributed by atoms with Gasteiger partial charge in [-0.15, -0.1) is 0 Å². The van der Waals surface area contributed by atoms with Gasteiger partial charge in [0.05, 0.1) is 13.0 Å². The molecule has 542 valence electrons. The molecule has 0 aromatic carbocycles. The lowest BCUT2D eigenvalue weighted by Gasteiger charge is -2.45. The number of carbonyl (C=O) groups is 12. The van der Waals surface area contributed by atoms with Gasteiger partial charge in [-0.05, 0) is 126 Å². The van der Waals surface area contributed by atoms with Gasteiger partial charge in [0.15, 0.2) is 0 Å². The fraction of sp³-hybridized carbons (Fsp3) is 0.831. The first-order valence-corrected chi connectivity index (χ1v) is 37.7. The topological polar surface area (TPSA) is 279 Å². The van der Waals surface area contributed by atoms with E-state index >= 15 is 14.4 Å². The molecule has 24 nitrogen and oxygen atoms in total. The number of rotatable bonds is 14. The smallest absolute Gasteiger partial charge is 0.245 e. The molecule has 4 aliphatic heterocycles. The van der Waals surface area contributed by atoms with Gasteiger partial charge in [-0.2, -0.15) is 0 Å². The first-order valence-electron chi connectivity index (χ1n) is 36.4. The number of unbranched alkanes of at least 4 members (excludes halogenated alkanes) is 1. The second kappa shape index (κ2) is 37.0. The summed E-state index contributed by atoms with van der Waals surface area (Å²) in [4.78, 5) is 190. The van der Waals surface area contributed by atoms with Crippen LogP contribution < -0.4 is 21.3 Å². The zero-order valence-corrected chi connectivity index (χ0v) is 62.6. The summed E-state index contributed by atoms with van der Waals surface area (Å²) in [5, 5.41) is 11.9. The van der Waals surface area contributed by atoms with Crippen LogP contribution >= 0.6 is 22.6 Å². The zero-order chi connectivity index (χ0) is 71.0. The van der Waals surface area contributed by atoms with Crippen LogP contribution in [0, 0.1) is 35.5 Å². The van der Waals surface area contributed by atoms with Gasteiger partial charge in [0.25, 0.3) is 0 Å². The highest BCUT2D eigenvalue weighted by Gasteiger charge is 2.47. The molecule has 4 heterocycles. The van der Waals surface area contributed by atoms with E-state index in [9.17, 15) is 43.2 Å². The number of fused-ring (bicyclic) bond motifs is 2. The summed E-state index contributed by atoms with van der Waals surface area (Å²) in [6, 6.07) is -11.2. The molecule has 2 saturated carbocycles. The van der Waals surface area contributed by atoms with E-state index in [0.717, 1.165) is 70.6 Å². The van der Waals surface area contributed by atoms with E-state index in [4.69, 9.17) is 0 Å². The molecule has 0 aromatic heterocycles. The van der Waals surface area contributed by atoms with E-state index < -0.39 is 150 Å². The van der Waals surface area contributed by atoms with Crippen molar-refractivity contribution in [3.8, 4) is 0 Å². The van der Waals surface area contributed by atoms with Gasteiger partial charge in [-0.25, -0.2) is 0 Å². The summed E-state index contributed by atoms with van der Waals surface area (Å²) in [7, 11) is 7.46. The SMILES string of the molecule is CCCC[C@@H]1NC(=O)[C@H](CC2CCCC(I)C2)NC(=O)CN(C)C(=O)[C@H](CC2CCC(C)CC2)N(C)C(=O)[C@@H]2CCN2C(=O)[C@H](C)N(C)C(=O)[C@H]([C@@H](C)CC)NC(=O)[C@H](CC(C)C)N(C)C(=O)C[C@@H](C(=O)N2CCCCC2)N(C)C(=O)[C@H](CC(C)C)NC(=O)[C@H]2CCCN2C1=O. The summed E-state index contributed by atoms with van der Waals surface area (Å²) < 4.78 is 0.361. The molecule has 2 unspecified atom stereocenters. The maximum absolute atomic E-state index is 15.2. The number of carbonyl (C=O) groups excluding carboxylic acids is 12. The molecule has 0 spiro atoms. The second-order valence-corrected chi connectivity index (χ2v) is 31.9. The lowest BCUT2D eigenvalue weighted by Crippen LogP contribution is -2.65. The Balaban J connectivity index is 1.41. The minimum Gasteiger partial charge on any atom is -0.343 e. The Morgan fingerprint density at radius 2 is 1.18 bits per heavy atom. The van der Waals surface area contributed by atoms with Gasteiger partial charge in [-0.1, -0.05) is 136 Å². The molecule has 6 aliphatic rings. The standard InChI is InChI=1S/C71H119IN12O12/c1-15-17-25-51-67(92)83-34-22-26-54(83)63(88)75-53(36-43(3)4)66(91)80(13)58(70(95)82-32-19-18-20-33-82)41-60(86)79(12)56(37-44(5)6)64(89)76-61(46(8)16-2)71(96)78(11)47(9)65(90)84-35-31-55(84)69(94)81(14)57(40-48-29-27-45(7)28-30-48)68(93)77(10)42-59(85)73-52(62(87)74-51)39-49-23-21-24-50(72)38-49/h43-58,61H,15-42H2,1-14H3,(H,73,85)(H,74,87)(H,75,88)(H,76,89)/t45?,46-,47-,48?,49?,50?,51-,52-,53-,54+,55-,56-,57-,58-,61-/m0/s1. The van der Waals surface area contributed by atoms with E-state index in [1.807, 2.05) is 48.5 Å². The fourth-order valence-electron chi connectivity index (χ4n) is 15.0. The molecule has 6 fully saturated rings. The summed E-state index contributed by atoms with van der Waals surface area (Å²) in [6.07, 6.45) is 12.9. The number of piperidine rings is 1. The maximum Gasteiger partial charge on any atom is 0.245 e. The first-order chi connectivity index (χ1) is 45.4. The van der Waals surface area contributed by atoms with Gasteiger partial charge in [0.2, 0.25) is 70.9 Å². The number of nitrogens with one attached hydrogen (secondary N) is 4. The molecule has 0 aromatic rings. The molecule has 6 rings (SSSR count). The van der Waals surface area contributed by atoms with E-state index in [0.29, 0.717) is 61.5 Å². The van der Waals surface area contributed by atoms with Crippen LogP contribution in [0.1, 0.15) is 210 Å². The number of hydrogen-bond donors (Lipinski definition) is 4.